The largest absolute Gasteiger partial charge is 0.356 e. The lowest BCUT2D eigenvalue weighted by Gasteiger charge is -2.09. The van der Waals surface area contributed by atoms with Crippen LogP contribution in [0.3, 0.4) is 0 Å². The molecule has 24 heavy (non-hydrogen) atoms. The van der Waals surface area contributed by atoms with E-state index >= 15 is 0 Å². The molecule has 0 amide bonds. The highest BCUT2D eigenvalue weighted by Crippen LogP contribution is 2.30. The van der Waals surface area contributed by atoms with Gasteiger partial charge in [0.05, 0.1) is 0 Å². The zero-order valence-corrected chi connectivity index (χ0v) is 13.3. The van der Waals surface area contributed by atoms with E-state index in [-0.39, 0.29) is 0 Å². The summed E-state index contributed by atoms with van der Waals surface area (Å²) in [4.78, 5) is 0. The fraction of sp³-hybridized carbons (Fsp3) is 0.0952. The molecule has 0 saturated heterocycles. The third-order valence-electron chi connectivity index (χ3n) is 4.14. The second-order valence-electron chi connectivity index (χ2n) is 5.77. The number of benzene rings is 3. The number of nitrogens with one attached hydrogen (secondary N) is 1. The smallest absolute Gasteiger partial charge is 0.167 e. The molecule has 3 heteroatoms. The Morgan fingerprint density at radius 1 is 0.750 bits per heavy atom. The maximum Gasteiger partial charge on any atom is 0.167 e. The molecule has 0 saturated carbocycles. The van der Waals surface area contributed by atoms with E-state index in [9.17, 15) is 0 Å². The van der Waals surface area contributed by atoms with Crippen LogP contribution in [0.15, 0.2) is 83.4 Å². The zero-order valence-electron chi connectivity index (χ0n) is 13.3. The summed E-state index contributed by atoms with van der Waals surface area (Å²) in [7, 11) is 0. The maximum absolute atomic E-state index is 5.46. The number of rotatable bonds is 5. The summed E-state index contributed by atoms with van der Waals surface area (Å²) in [5, 5.41) is 8.85. The number of para-hydroxylation sites is 1. The Kier molecular flexibility index (Phi) is 4.09. The lowest BCUT2D eigenvalue weighted by molar-refractivity contribution is 0.459. The molecule has 4 rings (SSSR count). The van der Waals surface area contributed by atoms with Crippen LogP contribution < -0.4 is 5.32 Å². The molecule has 0 aliphatic rings. The summed E-state index contributed by atoms with van der Waals surface area (Å²) in [6, 6.07) is 26.7. The van der Waals surface area contributed by atoms with Gasteiger partial charge in [-0.1, -0.05) is 71.9 Å². The standard InChI is InChI=1S/C21H18N2O/c1-2-8-16(9-3-1)14-22-15-17-10-4-5-11-18(17)21-19-12-6-7-13-20(19)24-23-21/h1-13,22H,14-15H2. The van der Waals surface area contributed by atoms with Crippen molar-refractivity contribution in [3.8, 4) is 11.3 Å². The van der Waals surface area contributed by atoms with Crippen molar-refractivity contribution in [1.82, 2.24) is 10.5 Å². The summed E-state index contributed by atoms with van der Waals surface area (Å²) in [6.45, 7) is 1.63. The first kappa shape index (κ1) is 14.7. The fourth-order valence-corrected chi connectivity index (χ4v) is 2.92. The van der Waals surface area contributed by atoms with E-state index in [1.165, 1.54) is 11.1 Å². The first-order valence-electron chi connectivity index (χ1n) is 8.09. The van der Waals surface area contributed by atoms with Crippen molar-refractivity contribution in [1.29, 1.82) is 0 Å². The van der Waals surface area contributed by atoms with Crippen LogP contribution >= 0.6 is 0 Å². The van der Waals surface area contributed by atoms with E-state index < -0.39 is 0 Å². The van der Waals surface area contributed by atoms with Gasteiger partial charge in [0.2, 0.25) is 0 Å². The van der Waals surface area contributed by atoms with E-state index in [2.05, 4.69) is 59.0 Å². The van der Waals surface area contributed by atoms with Crippen LogP contribution in [0.2, 0.25) is 0 Å². The monoisotopic (exact) mass is 314 g/mol. The summed E-state index contributed by atoms with van der Waals surface area (Å²) in [5.41, 5.74) is 5.33. The first-order valence-corrected chi connectivity index (χ1v) is 8.09. The minimum Gasteiger partial charge on any atom is -0.356 e. The van der Waals surface area contributed by atoms with Crippen LogP contribution in [0.1, 0.15) is 11.1 Å². The lowest BCUT2D eigenvalue weighted by atomic mass is 10.0. The predicted molar refractivity (Wildman–Crippen MR) is 96.4 cm³/mol. The van der Waals surface area contributed by atoms with E-state index in [0.717, 1.165) is 35.3 Å². The third-order valence-corrected chi connectivity index (χ3v) is 4.14. The highest BCUT2D eigenvalue weighted by molar-refractivity contribution is 5.92. The van der Waals surface area contributed by atoms with Crippen molar-refractivity contribution in [2.24, 2.45) is 0 Å². The Morgan fingerprint density at radius 2 is 1.50 bits per heavy atom. The Labute approximate surface area is 140 Å². The number of hydrogen-bond acceptors (Lipinski definition) is 3. The third kappa shape index (κ3) is 2.94. The van der Waals surface area contributed by atoms with E-state index in [1.54, 1.807) is 0 Å². The number of fused-ring (bicyclic) bond motifs is 1. The summed E-state index contributed by atoms with van der Waals surface area (Å²) >= 11 is 0. The number of hydrogen-bond donors (Lipinski definition) is 1. The Hall–Kier alpha value is -2.91. The van der Waals surface area contributed by atoms with Crippen molar-refractivity contribution in [2.75, 3.05) is 0 Å². The van der Waals surface area contributed by atoms with Crippen molar-refractivity contribution < 1.29 is 4.52 Å². The van der Waals surface area contributed by atoms with Gasteiger partial charge in [-0.25, -0.2) is 0 Å². The number of nitrogens with zero attached hydrogens (tertiary/aromatic N) is 1. The van der Waals surface area contributed by atoms with Gasteiger partial charge in [0.25, 0.3) is 0 Å². The van der Waals surface area contributed by atoms with Crippen LogP contribution in [0.25, 0.3) is 22.2 Å². The molecule has 0 bridgehead atoms. The van der Waals surface area contributed by atoms with Gasteiger partial charge in [-0.3, -0.25) is 0 Å². The normalized spacial score (nSPS) is 11.0. The average Bonchev–Trinajstić information content (AvgIpc) is 3.07. The molecule has 0 atom stereocenters. The van der Waals surface area contributed by atoms with Gasteiger partial charge < -0.3 is 9.84 Å². The molecule has 0 spiro atoms. The van der Waals surface area contributed by atoms with E-state index in [4.69, 9.17) is 4.52 Å². The molecule has 3 nitrogen and oxygen atoms in total. The Morgan fingerprint density at radius 3 is 2.42 bits per heavy atom. The van der Waals surface area contributed by atoms with Crippen LogP contribution in [-0.4, -0.2) is 5.16 Å². The highest BCUT2D eigenvalue weighted by atomic mass is 16.5. The van der Waals surface area contributed by atoms with Crippen LogP contribution in [-0.2, 0) is 13.1 Å². The molecule has 0 unspecified atom stereocenters. The minimum absolute atomic E-state index is 0.784. The predicted octanol–water partition coefficient (Wildman–Crippen LogP) is 4.78. The van der Waals surface area contributed by atoms with Gasteiger partial charge >= 0.3 is 0 Å². The van der Waals surface area contributed by atoms with Crippen molar-refractivity contribution >= 4 is 11.0 Å². The quantitative estimate of drug-likeness (QED) is 0.576. The minimum atomic E-state index is 0.784. The molecule has 1 N–H and O–H groups in total. The molecule has 3 aromatic carbocycles. The summed E-state index contributed by atoms with van der Waals surface area (Å²) in [6.07, 6.45) is 0. The van der Waals surface area contributed by atoms with Gasteiger partial charge in [-0.2, -0.15) is 0 Å². The molecule has 0 radical (unpaired) electrons. The topological polar surface area (TPSA) is 38.1 Å². The molecular formula is C21H18N2O. The maximum atomic E-state index is 5.46. The molecule has 118 valence electrons. The van der Waals surface area contributed by atoms with Crippen molar-refractivity contribution in [3.05, 3.63) is 90.0 Å². The Balaban J connectivity index is 1.59. The van der Waals surface area contributed by atoms with Crippen molar-refractivity contribution in [3.63, 3.8) is 0 Å². The molecule has 1 aromatic heterocycles. The van der Waals surface area contributed by atoms with Crippen LogP contribution in [0.5, 0.6) is 0 Å². The molecule has 0 fully saturated rings. The van der Waals surface area contributed by atoms with Crippen LogP contribution in [0.4, 0.5) is 0 Å². The molecule has 0 aliphatic carbocycles. The summed E-state index contributed by atoms with van der Waals surface area (Å²) in [5.74, 6) is 0. The Bertz CT molecular complexity index is 944. The fourth-order valence-electron chi connectivity index (χ4n) is 2.92. The highest BCUT2D eigenvalue weighted by Gasteiger charge is 2.12. The van der Waals surface area contributed by atoms with Gasteiger partial charge in [-0.15, -0.1) is 0 Å². The first-order chi connectivity index (χ1) is 11.9. The lowest BCUT2D eigenvalue weighted by Crippen LogP contribution is -2.13. The second kappa shape index (κ2) is 6.69. The van der Waals surface area contributed by atoms with Crippen molar-refractivity contribution in [2.45, 2.75) is 13.1 Å². The van der Waals surface area contributed by atoms with Crippen LogP contribution in [0, 0.1) is 0 Å². The molecule has 1 heterocycles. The van der Waals surface area contributed by atoms with E-state index in [1.807, 2.05) is 30.3 Å². The zero-order chi connectivity index (χ0) is 16.2. The number of aromatic nitrogens is 1. The van der Waals surface area contributed by atoms with Gasteiger partial charge in [-0.05, 0) is 23.3 Å². The van der Waals surface area contributed by atoms with Gasteiger partial charge in [0, 0.05) is 24.0 Å². The van der Waals surface area contributed by atoms with E-state index in [0.29, 0.717) is 0 Å². The molecular weight excluding hydrogens is 296 g/mol. The molecule has 4 aromatic rings. The second-order valence-corrected chi connectivity index (χ2v) is 5.77. The summed E-state index contributed by atoms with van der Waals surface area (Å²) < 4.78 is 5.46. The molecule has 0 aliphatic heterocycles. The van der Waals surface area contributed by atoms with Gasteiger partial charge in [0.15, 0.2) is 5.58 Å². The van der Waals surface area contributed by atoms with Gasteiger partial charge in [0.1, 0.15) is 5.69 Å². The SMILES string of the molecule is c1ccc(CNCc2ccccc2-c2noc3ccccc23)cc1. The average molecular weight is 314 g/mol.